The first-order valence-electron chi connectivity index (χ1n) is 7.36. The van der Waals surface area contributed by atoms with Crippen molar-refractivity contribution in [2.75, 3.05) is 24.6 Å². The molecule has 0 fully saturated rings. The average Bonchev–Trinajstić information content (AvgIpc) is 2.75. The zero-order valence-corrected chi connectivity index (χ0v) is 12.2. The van der Waals surface area contributed by atoms with Gasteiger partial charge in [0.15, 0.2) is 5.82 Å². The molecule has 0 atom stereocenters. The van der Waals surface area contributed by atoms with Crippen LogP contribution < -0.4 is 15.0 Å². The summed E-state index contributed by atoms with van der Waals surface area (Å²) in [5, 5.41) is 11.9. The number of nitrogens with zero attached hydrogens (tertiary/aromatic N) is 3. The number of hydrogen-bond acceptors (Lipinski definition) is 5. The molecule has 0 amide bonds. The summed E-state index contributed by atoms with van der Waals surface area (Å²) in [6.07, 6.45) is 0. The minimum atomic E-state index is 0.665. The molecule has 5 nitrogen and oxygen atoms in total. The van der Waals surface area contributed by atoms with Gasteiger partial charge >= 0.3 is 0 Å². The zero-order chi connectivity index (χ0) is 14.5. The van der Waals surface area contributed by atoms with Crippen molar-refractivity contribution in [2.24, 2.45) is 0 Å². The topological polar surface area (TPSA) is 50.3 Å². The molecule has 1 N–H and O–H groups in total. The maximum absolute atomic E-state index is 5.78. The van der Waals surface area contributed by atoms with E-state index >= 15 is 0 Å². The number of rotatable bonds is 4. The van der Waals surface area contributed by atoms with Gasteiger partial charge in [-0.05, 0) is 24.7 Å². The number of para-hydroxylation sites is 1. The van der Waals surface area contributed by atoms with Gasteiger partial charge in [-0.2, -0.15) is 5.10 Å². The van der Waals surface area contributed by atoms with Crippen LogP contribution in [0.25, 0.3) is 0 Å². The summed E-state index contributed by atoms with van der Waals surface area (Å²) < 4.78 is 5.78. The van der Waals surface area contributed by atoms with Gasteiger partial charge < -0.3 is 15.0 Å². The van der Waals surface area contributed by atoms with Crippen molar-refractivity contribution in [3.05, 3.63) is 47.7 Å². The van der Waals surface area contributed by atoms with E-state index in [4.69, 9.17) is 4.74 Å². The summed E-state index contributed by atoms with van der Waals surface area (Å²) in [6.45, 7) is 6.06. The zero-order valence-electron chi connectivity index (χ0n) is 12.2. The van der Waals surface area contributed by atoms with Crippen LogP contribution in [0.4, 0.5) is 5.82 Å². The second-order valence-electron chi connectivity index (χ2n) is 5.04. The van der Waals surface area contributed by atoms with Crippen LogP contribution in [0.2, 0.25) is 0 Å². The van der Waals surface area contributed by atoms with Crippen molar-refractivity contribution in [1.29, 1.82) is 0 Å². The quantitative estimate of drug-likeness (QED) is 0.930. The van der Waals surface area contributed by atoms with Crippen LogP contribution in [0.1, 0.15) is 18.2 Å². The predicted octanol–water partition coefficient (Wildman–Crippen LogP) is 1.99. The molecular weight excluding hydrogens is 264 g/mol. The molecule has 0 spiro atoms. The molecule has 1 aliphatic heterocycles. The van der Waals surface area contributed by atoms with Crippen molar-refractivity contribution in [1.82, 2.24) is 15.5 Å². The second-order valence-corrected chi connectivity index (χ2v) is 5.04. The largest absolute Gasteiger partial charge is 0.491 e. The molecule has 0 saturated heterocycles. The molecule has 0 saturated carbocycles. The van der Waals surface area contributed by atoms with Gasteiger partial charge in [-0.3, -0.25) is 0 Å². The monoisotopic (exact) mass is 284 g/mol. The van der Waals surface area contributed by atoms with Crippen LogP contribution in [0, 0.1) is 0 Å². The van der Waals surface area contributed by atoms with E-state index in [2.05, 4.69) is 33.4 Å². The molecule has 2 heterocycles. The van der Waals surface area contributed by atoms with Crippen LogP contribution >= 0.6 is 0 Å². The molecular formula is C16H20N4O. The van der Waals surface area contributed by atoms with Crippen LogP contribution in [-0.2, 0) is 13.1 Å². The second kappa shape index (κ2) is 6.54. The summed E-state index contributed by atoms with van der Waals surface area (Å²) in [6, 6.07) is 12.2. The lowest BCUT2D eigenvalue weighted by atomic mass is 10.2. The van der Waals surface area contributed by atoms with E-state index in [1.165, 1.54) is 5.56 Å². The van der Waals surface area contributed by atoms with Gasteiger partial charge in [-0.25, -0.2) is 0 Å². The highest BCUT2D eigenvalue weighted by molar-refractivity contribution is 5.43. The van der Waals surface area contributed by atoms with Crippen molar-refractivity contribution in [3.63, 3.8) is 0 Å². The Labute approximate surface area is 125 Å². The maximum atomic E-state index is 5.78. The Morgan fingerprint density at radius 2 is 2.10 bits per heavy atom. The van der Waals surface area contributed by atoms with E-state index in [0.29, 0.717) is 6.61 Å². The number of aromatic nitrogens is 2. The molecule has 21 heavy (non-hydrogen) atoms. The molecule has 5 heteroatoms. The molecule has 0 aliphatic carbocycles. The SMILES string of the molecule is CCNCc1ccc(N2CCOc3ccccc3C2)nn1. The van der Waals surface area contributed by atoms with Crippen LogP contribution in [-0.4, -0.2) is 29.9 Å². The highest BCUT2D eigenvalue weighted by Gasteiger charge is 2.16. The normalized spacial score (nSPS) is 14.2. The minimum absolute atomic E-state index is 0.665. The van der Waals surface area contributed by atoms with Gasteiger partial charge in [0.2, 0.25) is 0 Å². The molecule has 0 bridgehead atoms. The standard InChI is InChI=1S/C16H20N4O/c1-2-17-11-14-7-8-16(19-18-14)20-9-10-21-15-6-4-3-5-13(15)12-20/h3-8,17H,2,9-12H2,1H3. The first-order valence-corrected chi connectivity index (χ1v) is 7.36. The molecule has 1 aromatic carbocycles. The Bertz CT molecular complexity index is 585. The van der Waals surface area contributed by atoms with Gasteiger partial charge in [0, 0.05) is 18.7 Å². The van der Waals surface area contributed by atoms with Crippen molar-refractivity contribution in [2.45, 2.75) is 20.0 Å². The number of nitrogens with one attached hydrogen (secondary N) is 1. The summed E-state index contributed by atoms with van der Waals surface area (Å²) in [5.41, 5.74) is 2.15. The van der Waals surface area contributed by atoms with Crippen LogP contribution in [0.3, 0.4) is 0 Å². The van der Waals surface area contributed by atoms with Crippen molar-refractivity contribution < 1.29 is 4.74 Å². The Balaban J connectivity index is 1.74. The predicted molar refractivity (Wildman–Crippen MR) is 82.4 cm³/mol. The van der Waals surface area contributed by atoms with Gasteiger partial charge in [-0.15, -0.1) is 5.10 Å². The fraction of sp³-hybridized carbons (Fsp3) is 0.375. The molecule has 3 rings (SSSR count). The fourth-order valence-electron chi connectivity index (χ4n) is 2.39. The third-order valence-corrected chi connectivity index (χ3v) is 3.54. The lowest BCUT2D eigenvalue weighted by Gasteiger charge is -2.20. The number of hydrogen-bond donors (Lipinski definition) is 1. The smallest absolute Gasteiger partial charge is 0.151 e. The van der Waals surface area contributed by atoms with E-state index in [9.17, 15) is 0 Å². The fourth-order valence-corrected chi connectivity index (χ4v) is 2.39. The molecule has 1 aliphatic rings. The van der Waals surface area contributed by atoms with Gasteiger partial charge in [0.1, 0.15) is 12.4 Å². The maximum Gasteiger partial charge on any atom is 0.151 e. The minimum Gasteiger partial charge on any atom is -0.491 e. The van der Waals surface area contributed by atoms with E-state index in [1.807, 2.05) is 30.3 Å². The van der Waals surface area contributed by atoms with Crippen molar-refractivity contribution >= 4 is 5.82 Å². The van der Waals surface area contributed by atoms with Gasteiger partial charge in [0.25, 0.3) is 0 Å². The van der Waals surface area contributed by atoms with E-state index in [1.54, 1.807) is 0 Å². The number of benzene rings is 1. The first kappa shape index (κ1) is 13.8. The first-order chi connectivity index (χ1) is 10.4. The summed E-state index contributed by atoms with van der Waals surface area (Å²) in [5.74, 6) is 1.87. The summed E-state index contributed by atoms with van der Waals surface area (Å²) in [4.78, 5) is 2.20. The van der Waals surface area contributed by atoms with Gasteiger partial charge in [-0.1, -0.05) is 25.1 Å². The Morgan fingerprint density at radius 1 is 1.19 bits per heavy atom. The molecule has 110 valence electrons. The Hall–Kier alpha value is -2.14. The lowest BCUT2D eigenvalue weighted by molar-refractivity contribution is 0.331. The van der Waals surface area contributed by atoms with E-state index in [-0.39, 0.29) is 0 Å². The highest BCUT2D eigenvalue weighted by Crippen LogP contribution is 2.24. The molecule has 0 unspecified atom stereocenters. The molecule has 1 aromatic heterocycles. The summed E-state index contributed by atoms with van der Waals surface area (Å²) in [7, 11) is 0. The number of fused-ring (bicyclic) bond motifs is 1. The average molecular weight is 284 g/mol. The number of ether oxygens (including phenoxy) is 1. The Kier molecular flexibility index (Phi) is 4.31. The number of anilines is 1. The van der Waals surface area contributed by atoms with Crippen LogP contribution in [0.15, 0.2) is 36.4 Å². The van der Waals surface area contributed by atoms with Crippen molar-refractivity contribution in [3.8, 4) is 5.75 Å². The van der Waals surface area contributed by atoms with Crippen LogP contribution in [0.5, 0.6) is 5.75 Å². The molecule has 2 aromatic rings. The van der Waals surface area contributed by atoms with Gasteiger partial charge in [0.05, 0.1) is 12.2 Å². The third-order valence-electron chi connectivity index (χ3n) is 3.54. The molecule has 0 radical (unpaired) electrons. The van der Waals surface area contributed by atoms with E-state index < -0.39 is 0 Å². The summed E-state index contributed by atoms with van der Waals surface area (Å²) >= 11 is 0. The van der Waals surface area contributed by atoms with E-state index in [0.717, 1.165) is 43.4 Å². The Morgan fingerprint density at radius 3 is 2.90 bits per heavy atom. The lowest BCUT2D eigenvalue weighted by Crippen LogP contribution is -2.26. The highest BCUT2D eigenvalue weighted by atomic mass is 16.5. The third kappa shape index (κ3) is 3.31.